The van der Waals surface area contributed by atoms with Gasteiger partial charge in [0.05, 0.1) is 18.3 Å². The molecule has 0 saturated heterocycles. The molecule has 1 atom stereocenters. The number of nitrogens with zero attached hydrogens (tertiary/aromatic N) is 2. The van der Waals surface area contributed by atoms with E-state index in [0.717, 1.165) is 15.6 Å². The number of carbonyl (C=O) groups excluding carboxylic acids is 2. The molecule has 2 heterocycles. The number of aromatic nitrogens is 2. The lowest BCUT2D eigenvalue weighted by Gasteiger charge is -2.23. The van der Waals surface area contributed by atoms with Crippen LogP contribution in [0.1, 0.15) is 21.5 Å². The number of rotatable bonds is 4. The summed E-state index contributed by atoms with van der Waals surface area (Å²) in [5.41, 5.74) is 2.38. The molecule has 0 fully saturated rings. The molecule has 7 heteroatoms. The summed E-state index contributed by atoms with van der Waals surface area (Å²) in [4.78, 5) is 24.7. The average Bonchev–Trinajstić information content (AvgIpc) is 3.10. The second-order valence-corrected chi connectivity index (χ2v) is 7.16. The number of amides is 1. The minimum Gasteiger partial charge on any atom is -0.448 e. The first-order valence-electron chi connectivity index (χ1n) is 8.46. The third-order valence-electron chi connectivity index (χ3n) is 4.40. The molecule has 2 aromatic carbocycles. The Bertz CT molecular complexity index is 998. The Morgan fingerprint density at radius 2 is 1.96 bits per heavy atom. The third kappa shape index (κ3) is 3.78. The number of benzene rings is 2. The maximum atomic E-state index is 12.6. The van der Waals surface area contributed by atoms with Crippen molar-refractivity contribution in [2.45, 2.75) is 19.1 Å². The van der Waals surface area contributed by atoms with Gasteiger partial charge in [0.15, 0.2) is 6.10 Å². The molecule has 1 aliphatic heterocycles. The second kappa shape index (κ2) is 7.36. The highest BCUT2D eigenvalue weighted by atomic mass is 79.9. The van der Waals surface area contributed by atoms with E-state index >= 15 is 0 Å². The van der Waals surface area contributed by atoms with Crippen molar-refractivity contribution >= 4 is 33.6 Å². The first kappa shape index (κ1) is 17.5. The van der Waals surface area contributed by atoms with Gasteiger partial charge in [0.2, 0.25) is 0 Å². The van der Waals surface area contributed by atoms with E-state index in [1.807, 2.05) is 36.4 Å². The molecule has 0 aliphatic carbocycles. The molecule has 0 saturated carbocycles. The molecule has 27 heavy (non-hydrogen) atoms. The van der Waals surface area contributed by atoms with Crippen LogP contribution in [0, 0.1) is 0 Å². The Hall–Kier alpha value is -2.93. The maximum absolute atomic E-state index is 12.6. The molecular formula is C20H16BrN3O3. The van der Waals surface area contributed by atoms with Gasteiger partial charge >= 0.3 is 5.97 Å². The van der Waals surface area contributed by atoms with E-state index in [4.69, 9.17) is 4.74 Å². The van der Waals surface area contributed by atoms with E-state index < -0.39 is 12.1 Å². The van der Waals surface area contributed by atoms with Gasteiger partial charge in [-0.2, -0.15) is 5.10 Å². The molecule has 0 radical (unpaired) electrons. The molecule has 6 nitrogen and oxygen atoms in total. The molecule has 0 bridgehead atoms. The van der Waals surface area contributed by atoms with Crippen molar-refractivity contribution in [2.24, 2.45) is 0 Å². The topological polar surface area (TPSA) is 73.2 Å². The van der Waals surface area contributed by atoms with Gasteiger partial charge in [-0.1, -0.05) is 46.3 Å². The number of cyclic esters (lactones) is 1. The van der Waals surface area contributed by atoms with Crippen molar-refractivity contribution in [3.63, 3.8) is 0 Å². The van der Waals surface area contributed by atoms with Gasteiger partial charge in [0.1, 0.15) is 5.82 Å². The minimum absolute atomic E-state index is 0.356. The van der Waals surface area contributed by atoms with Crippen LogP contribution in [-0.4, -0.2) is 27.8 Å². The third-order valence-corrected chi connectivity index (χ3v) is 4.93. The standard InChI is InChI=1S/C20H16BrN3O3/c21-15-7-5-13(6-8-15)12-24-18(9-10-22-24)23-19(25)17-11-14-3-1-2-4-16(14)20(26)27-17/h1-10,17H,11-12H2,(H,23,25). The van der Waals surface area contributed by atoms with Crippen LogP contribution in [0.2, 0.25) is 0 Å². The fraction of sp³-hybridized carbons (Fsp3) is 0.150. The molecule has 1 amide bonds. The number of ether oxygens (including phenoxy) is 1. The predicted octanol–water partition coefficient (Wildman–Crippen LogP) is 3.41. The van der Waals surface area contributed by atoms with Gasteiger partial charge in [-0.15, -0.1) is 0 Å². The zero-order valence-electron chi connectivity index (χ0n) is 14.3. The van der Waals surface area contributed by atoms with E-state index in [0.29, 0.717) is 24.3 Å². The van der Waals surface area contributed by atoms with Crippen LogP contribution in [0.3, 0.4) is 0 Å². The quantitative estimate of drug-likeness (QED) is 0.649. The molecule has 1 aromatic heterocycles. The van der Waals surface area contributed by atoms with Crippen molar-refractivity contribution in [1.29, 1.82) is 0 Å². The first-order chi connectivity index (χ1) is 13.1. The summed E-state index contributed by atoms with van der Waals surface area (Å²) in [7, 11) is 0. The summed E-state index contributed by atoms with van der Waals surface area (Å²) in [6, 6.07) is 16.8. The Morgan fingerprint density at radius 1 is 1.19 bits per heavy atom. The first-order valence-corrected chi connectivity index (χ1v) is 9.25. The summed E-state index contributed by atoms with van der Waals surface area (Å²) in [6.07, 6.45) is 1.12. The van der Waals surface area contributed by atoms with Crippen LogP contribution in [-0.2, 0) is 22.5 Å². The lowest BCUT2D eigenvalue weighted by Crippen LogP contribution is -2.38. The number of carbonyl (C=O) groups is 2. The van der Waals surface area contributed by atoms with Gasteiger partial charge in [0.25, 0.3) is 5.91 Å². The fourth-order valence-electron chi connectivity index (χ4n) is 3.01. The Kier molecular flexibility index (Phi) is 4.77. The van der Waals surface area contributed by atoms with Crippen molar-refractivity contribution in [3.8, 4) is 0 Å². The Morgan fingerprint density at radius 3 is 2.78 bits per heavy atom. The van der Waals surface area contributed by atoms with Crippen molar-refractivity contribution in [3.05, 3.63) is 82.0 Å². The van der Waals surface area contributed by atoms with Crippen molar-refractivity contribution < 1.29 is 14.3 Å². The van der Waals surface area contributed by atoms with Crippen LogP contribution >= 0.6 is 15.9 Å². The van der Waals surface area contributed by atoms with Gasteiger partial charge in [0, 0.05) is 17.0 Å². The predicted molar refractivity (Wildman–Crippen MR) is 103 cm³/mol. The zero-order chi connectivity index (χ0) is 18.8. The fourth-order valence-corrected chi connectivity index (χ4v) is 3.28. The highest BCUT2D eigenvalue weighted by Gasteiger charge is 2.31. The lowest BCUT2D eigenvalue weighted by molar-refractivity contribution is -0.125. The number of nitrogens with one attached hydrogen (secondary N) is 1. The zero-order valence-corrected chi connectivity index (χ0v) is 15.8. The number of halogens is 1. The summed E-state index contributed by atoms with van der Waals surface area (Å²) >= 11 is 3.41. The van der Waals surface area contributed by atoms with Crippen LogP contribution in [0.4, 0.5) is 5.82 Å². The minimum atomic E-state index is -0.858. The summed E-state index contributed by atoms with van der Waals surface area (Å²) in [6.45, 7) is 0.517. The van der Waals surface area contributed by atoms with E-state index in [1.165, 1.54) is 0 Å². The maximum Gasteiger partial charge on any atom is 0.339 e. The van der Waals surface area contributed by atoms with Crippen molar-refractivity contribution in [1.82, 2.24) is 9.78 Å². The van der Waals surface area contributed by atoms with Crippen molar-refractivity contribution in [2.75, 3.05) is 5.32 Å². The molecule has 1 aliphatic rings. The number of esters is 1. The lowest BCUT2D eigenvalue weighted by atomic mass is 9.98. The molecular weight excluding hydrogens is 410 g/mol. The number of hydrogen-bond acceptors (Lipinski definition) is 4. The van der Waals surface area contributed by atoms with Gasteiger partial charge in [-0.05, 0) is 29.3 Å². The largest absolute Gasteiger partial charge is 0.448 e. The summed E-state index contributed by atoms with van der Waals surface area (Å²) in [5.74, 6) is -0.284. The van der Waals surface area contributed by atoms with Crippen LogP contribution in [0.5, 0.6) is 0 Å². The van der Waals surface area contributed by atoms with Gasteiger partial charge < -0.3 is 10.1 Å². The van der Waals surface area contributed by atoms with E-state index in [2.05, 4.69) is 26.3 Å². The average molecular weight is 426 g/mol. The molecule has 1 unspecified atom stereocenters. The Labute approximate surface area is 164 Å². The smallest absolute Gasteiger partial charge is 0.339 e. The summed E-state index contributed by atoms with van der Waals surface area (Å²) < 4.78 is 8.00. The van der Waals surface area contributed by atoms with E-state index in [1.54, 1.807) is 29.1 Å². The molecule has 0 spiro atoms. The van der Waals surface area contributed by atoms with Crippen LogP contribution in [0.25, 0.3) is 0 Å². The second-order valence-electron chi connectivity index (χ2n) is 6.25. The van der Waals surface area contributed by atoms with E-state index in [9.17, 15) is 9.59 Å². The normalized spacial score (nSPS) is 15.7. The highest BCUT2D eigenvalue weighted by Crippen LogP contribution is 2.22. The molecule has 4 rings (SSSR count). The van der Waals surface area contributed by atoms with Gasteiger partial charge in [-0.25, -0.2) is 9.48 Å². The highest BCUT2D eigenvalue weighted by molar-refractivity contribution is 9.10. The van der Waals surface area contributed by atoms with Gasteiger partial charge in [-0.3, -0.25) is 4.79 Å². The van der Waals surface area contributed by atoms with Crippen LogP contribution in [0.15, 0.2) is 65.3 Å². The summed E-state index contributed by atoms with van der Waals surface area (Å²) in [5, 5.41) is 7.08. The molecule has 1 N–H and O–H groups in total. The number of anilines is 1. The number of fused-ring (bicyclic) bond motifs is 1. The van der Waals surface area contributed by atoms with E-state index in [-0.39, 0.29) is 5.91 Å². The molecule has 3 aromatic rings. The van der Waals surface area contributed by atoms with Crippen LogP contribution < -0.4 is 5.32 Å². The molecule has 136 valence electrons. The monoisotopic (exact) mass is 425 g/mol. The Balaban J connectivity index is 1.47. The number of hydrogen-bond donors (Lipinski definition) is 1. The SMILES string of the molecule is O=C1OC(C(=O)Nc2ccnn2Cc2ccc(Br)cc2)Cc2ccccc21.